The molecule has 0 radical (unpaired) electrons. The van der Waals surface area contributed by atoms with Gasteiger partial charge in [0.2, 0.25) is 0 Å². The van der Waals surface area contributed by atoms with Crippen molar-refractivity contribution in [3.63, 3.8) is 0 Å². The highest BCUT2D eigenvalue weighted by Gasteiger charge is 2.24. The summed E-state index contributed by atoms with van der Waals surface area (Å²) < 4.78 is 0. The first-order valence-electron chi connectivity index (χ1n) is 8.87. The molecule has 134 valence electrons. The Morgan fingerprint density at radius 2 is 1.58 bits per heavy atom. The first kappa shape index (κ1) is 18.4. The largest absolute Gasteiger partial charge is 0.332 e. The Kier molecular flexibility index (Phi) is 5.28. The molecule has 0 N–H and O–H groups in total. The molecular formula is C22H23ClN2O. The normalized spacial score (nSPS) is 11.3. The molecule has 3 rings (SSSR count). The van der Waals surface area contributed by atoms with Crippen molar-refractivity contribution in [3.05, 3.63) is 65.3 Å². The van der Waals surface area contributed by atoms with Gasteiger partial charge in [-0.25, -0.2) is 4.98 Å². The Morgan fingerprint density at radius 1 is 0.962 bits per heavy atom. The van der Waals surface area contributed by atoms with Crippen molar-refractivity contribution in [1.82, 2.24) is 9.88 Å². The van der Waals surface area contributed by atoms with E-state index in [4.69, 9.17) is 16.6 Å². The zero-order valence-electron chi connectivity index (χ0n) is 15.5. The van der Waals surface area contributed by atoms with E-state index in [2.05, 4.69) is 0 Å². The van der Waals surface area contributed by atoms with E-state index >= 15 is 0 Å². The summed E-state index contributed by atoms with van der Waals surface area (Å²) in [6.07, 6.45) is 0. The van der Waals surface area contributed by atoms with Crippen LogP contribution in [0.3, 0.4) is 0 Å². The van der Waals surface area contributed by atoms with Gasteiger partial charge < -0.3 is 4.90 Å². The molecule has 0 fully saturated rings. The molecule has 0 aliphatic carbocycles. The van der Waals surface area contributed by atoms with E-state index in [0.717, 1.165) is 22.0 Å². The summed E-state index contributed by atoms with van der Waals surface area (Å²) in [5.41, 5.74) is 2.02. The lowest BCUT2D eigenvalue weighted by atomic mass is 10.0. The average molecular weight is 367 g/mol. The second kappa shape index (κ2) is 7.46. The van der Waals surface area contributed by atoms with Crippen LogP contribution in [0.25, 0.3) is 22.0 Å². The lowest BCUT2D eigenvalue weighted by molar-refractivity contribution is 0.0638. The number of aromatic nitrogens is 1. The summed E-state index contributed by atoms with van der Waals surface area (Å²) in [6.45, 7) is 8.09. The Labute approximate surface area is 159 Å². The second-order valence-electron chi connectivity index (χ2n) is 6.96. The van der Waals surface area contributed by atoms with Crippen molar-refractivity contribution in [2.45, 2.75) is 39.8 Å². The van der Waals surface area contributed by atoms with Crippen LogP contribution in [0.4, 0.5) is 0 Å². The van der Waals surface area contributed by atoms with Gasteiger partial charge in [-0.3, -0.25) is 4.79 Å². The minimum Gasteiger partial charge on any atom is -0.332 e. The number of rotatable bonds is 4. The molecule has 1 heterocycles. The highest BCUT2D eigenvalue weighted by atomic mass is 35.5. The van der Waals surface area contributed by atoms with Crippen molar-refractivity contribution in [2.75, 3.05) is 0 Å². The van der Waals surface area contributed by atoms with Gasteiger partial charge >= 0.3 is 0 Å². The number of amides is 1. The van der Waals surface area contributed by atoms with Gasteiger partial charge in [-0.05, 0) is 45.2 Å². The molecule has 4 heteroatoms. The van der Waals surface area contributed by atoms with Crippen LogP contribution in [0, 0.1) is 0 Å². The highest BCUT2D eigenvalue weighted by Crippen LogP contribution is 2.32. The Hall–Kier alpha value is -2.39. The molecule has 2 aromatic carbocycles. The number of carbonyl (C=O) groups is 1. The second-order valence-corrected chi connectivity index (χ2v) is 7.36. The zero-order chi connectivity index (χ0) is 18.8. The third-order valence-electron chi connectivity index (χ3n) is 4.44. The SMILES string of the molecule is CC(C)N(C(=O)c1cc2ccccc2c(-c2ccccc2Cl)n1)C(C)C. The van der Waals surface area contributed by atoms with Gasteiger partial charge in [-0.1, -0.05) is 54.1 Å². The maximum atomic E-state index is 13.2. The predicted molar refractivity (Wildman–Crippen MR) is 109 cm³/mol. The third-order valence-corrected chi connectivity index (χ3v) is 4.77. The minimum atomic E-state index is -0.0611. The van der Waals surface area contributed by atoms with Crippen molar-refractivity contribution in [3.8, 4) is 11.3 Å². The highest BCUT2D eigenvalue weighted by molar-refractivity contribution is 6.33. The molecule has 0 saturated heterocycles. The molecule has 0 atom stereocenters. The number of hydrogen-bond acceptors (Lipinski definition) is 2. The van der Waals surface area contributed by atoms with Gasteiger partial charge in [0.15, 0.2) is 0 Å². The Morgan fingerprint density at radius 3 is 2.23 bits per heavy atom. The fourth-order valence-corrected chi connectivity index (χ4v) is 3.59. The van der Waals surface area contributed by atoms with Crippen LogP contribution in [0.5, 0.6) is 0 Å². The zero-order valence-corrected chi connectivity index (χ0v) is 16.3. The van der Waals surface area contributed by atoms with E-state index in [9.17, 15) is 4.79 Å². The molecule has 0 bridgehead atoms. The molecule has 0 aliphatic heterocycles. The van der Waals surface area contributed by atoms with Crippen LogP contribution < -0.4 is 0 Å². The lowest BCUT2D eigenvalue weighted by Gasteiger charge is -2.30. The lowest BCUT2D eigenvalue weighted by Crippen LogP contribution is -2.42. The molecule has 1 amide bonds. The molecule has 26 heavy (non-hydrogen) atoms. The maximum absolute atomic E-state index is 13.2. The van der Waals surface area contributed by atoms with E-state index in [1.54, 1.807) is 0 Å². The van der Waals surface area contributed by atoms with Gasteiger partial charge in [0.1, 0.15) is 5.69 Å². The number of fused-ring (bicyclic) bond motifs is 1. The number of hydrogen-bond donors (Lipinski definition) is 0. The fourth-order valence-electron chi connectivity index (χ4n) is 3.36. The maximum Gasteiger partial charge on any atom is 0.272 e. The number of nitrogens with zero attached hydrogens (tertiary/aromatic N) is 2. The molecule has 0 saturated carbocycles. The first-order chi connectivity index (χ1) is 12.4. The van der Waals surface area contributed by atoms with Gasteiger partial charge in [0.05, 0.1) is 5.69 Å². The Balaban J connectivity index is 2.23. The molecular weight excluding hydrogens is 344 g/mol. The van der Waals surface area contributed by atoms with Crippen LogP contribution in [-0.4, -0.2) is 27.9 Å². The molecule has 0 aliphatic rings. The quantitative estimate of drug-likeness (QED) is 0.583. The van der Waals surface area contributed by atoms with Crippen LogP contribution >= 0.6 is 11.6 Å². The fraction of sp³-hybridized carbons (Fsp3) is 0.273. The summed E-state index contributed by atoms with van der Waals surface area (Å²) in [4.78, 5) is 19.8. The van der Waals surface area contributed by atoms with E-state index < -0.39 is 0 Å². The van der Waals surface area contributed by atoms with Crippen LogP contribution in [0.1, 0.15) is 38.2 Å². The van der Waals surface area contributed by atoms with Crippen molar-refractivity contribution >= 4 is 28.3 Å². The van der Waals surface area contributed by atoms with E-state index in [1.165, 1.54) is 0 Å². The van der Waals surface area contributed by atoms with Crippen LogP contribution in [0.2, 0.25) is 5.02 Å². The van der Waals surface area contributed by atoms with Crippen LogP contribution in [0.15, 0.2) is 54.6 Å². The first-order valence-corrected chi connectivity index (χ1v) is 9.25. The van der Waals surface area contributed by atoms with Crippen molar-refractivity contribution in [1.29, 1.82) is 0 Å². The predicted octanol–water partition coefficient (Wildman–Crippen LogP) is 5.81. The van der Waals surface area contributed by atoms with Crippen LogP contribution in [-0.2, 0) is 0 Å². The standard InChI is InChI=1S/C22H23ClN2O/c1-14(2)25(15(3)4)22(26)20-13-16-9-5-6-10-17(16)21(24-20)18-11-7-8-12-19(18)23/h5-15H,1-4H3. The minimum absolute atomic E-state index is 0.0611. The summed E-state index contributed by atoms with van der Waals surface area (Å²) in [7, 11) is 0. The van der Waals surface area contributed by atoms with Gasteiger partial charge in [0.25, 0.3) is 5.91 Å². The molecule has 3 nitrogen and oxygen atoms in total. The molecule has 1 aromatic heterocycles. The number of carbonyl (C=O) groups excluding carboxylic acids is 1. The van der Waals surface area contributed by atoms with Gasteiger partial charge in [-0.15, -0.1) is 0 Å². The van der Waals surface area contributed by atoms with Gasteiger partial charge in [-0.2, -0.15) is 0 Å². The average Bonchev–Trinajstić information content (AvgIpc) is 2.60. The summed E-state index contributed by atoms with van der Waals surface area (Å²) in [5.74, 6) is -0.0611. The monoisotopic (exact) mass is 366 g/mol. The molecule has 0 unspecified atom stereocenters. The van der Waals surface area contributed by atoms with Crippen molar-refractivity contribution in [2.24, 2.45) is 0 Å². The summed E-state index contributed by atoms with van der Waals surface area (Å²) in [5, 5.41) is 2.59. The topological polar surface area (TPSA) is 33.2 Å². The number of pyridine rings is 1. The van der Waals surface area contributed by atoms with E-state index in [0.29, 0.717) is 10.7 Å². The van der Waals surface area contributed by atoms with Crippen molar-refractivity contribution < 1.29 is 4.79 Å². The van der Waals surface area contributed by atoms with E-state index in [1.807, 2.05) is 87.2 Å². The molecule has 0 spiro atoms. The van der Waals surface area contributed by atoms with E-state index in [-0.39, 0.29) is 18.0 Å². The van der Waals surface area contributed by atoms with Gasteiger partial charge in [0, 0.05) is 28.1 Å². The number of benzene rings is 2. The summed E-state index contributed by atoms with van der Waals surface area (Å²) in [6, 6.07) is 17.6. The molecule has 3 aromatic rings. The smallest absolute Gasteiger partial charge is 0.272 e. The summed E-state index contributed by atoms with van der Waals surface area (Å²) >= 11 is 6.42. The number of halogens is 1. The third kappa shape index (κ3) is 3.45. The Bertz CT molecular complexity index is 942.